The van der Waals surface area contributed by atoms with E-state index in [1.807, 2.05) is 0 Å². The number of halogens is 3. The summed E-state index contributed by atoms with van der Waals surface area (Å²) in [6.45, 7) is 0. The number of nitrogens with one attached hydrogen (secondary N) is 2. The van der Waals surface area contributed by atoms with Gasteiger partial charge >= 0.3 is 6.18 Å². The van der Waals surface area contributed by atoms with Gasteiger partial charge in [-0.1, -0.05) is 6.42 Å². The molecule has 3 atom stereocenters. The summed E-state index contributed by atoms with van der Waals surface area (Å²) >= 11 is 0. The van der Waals surface area contributed by atoms with Crippen molar-refractivity contribution in [2.45, 2.75) is 31.5 Å². The van der Waals surface area contributed by atoms with Gasteiger partial charge in [-0.05, 0) is 37.1 Å². The maximum atomic E-state index is 12.5. The number of alkyl halides is 3. The van der Waals surface area contributed by atoms with Gasteiger partial charge in [0, 0.05) is 17.6 Å². The second-order valence-electron chi connectivity index (χ2n) is 6.05. The maximum Gasteiger partial charge on any atom is 0.416 e. The highest BCUT2D eigenvalue weighted by molar-refractivity contribution is 6.23. The molecule has 1 saturated heterocycles. The van der Waals surface area contributed by atoms with Crippen LogP contribution < -0.4 is 10.6 Å². The van der Waals surface area contributed by atoms with Crippen LogP contribution in [0.1, 0.15) is 24.8 Å². The molecule has 1 aliphatic carbocycles. The van der Waals surface area contributed by atoms with Crippen LogP contribution >= 0.6 is 0 Å². The average molecular weight is 340 g/mol. The van der Waals surface area contributed by atoms with Crippen molar-refractivity contribution in [3.8, 4) is 0 Å². The molecule has 2 N–H and O–H groups in total. The van der Waals surface area contributed by atoms with E-state index >= 15 is 0 Å². The Balaban J connectivity index is 1.72. The maximum absolute atomic E-state index is 12.5. The summed E-state index contributed by atoms with van der Waals surface area (Å²) in [6.07, 6.45) is -2.31. The summed E-state index contributed by atoms with van der Waals surface area (Å²) in [6, 6.07) is 3.62. The van der Waals surface area contributed by atoms with Crippen molar-refractivity contribution in [2.24, 2.45) is 11.8 Å². The van der Waals surface area contributed by atoms with E-state index in [1.165, 1.54) is 0 Å². The van der Waals surface area contributed by atoms with E-state index in [0.717, 1.165) is 37.1 Å². The van der Waals surface area contributed by atoms with Crippen molar-refractivity contribution in [1.82, 2.24) is 5.32 Å². The molecule has 0 radical (unpaired) electrons. The number of fused-ring (bicyclic) bond motifs is 1. The molecular weight excluding hydrogens is 325 g/mol. The first-order chi connectivity index (χ1) is 11.3. The van der Waals surface area contributed by atoms with Gasteiger partial charge in [0.25, 0.3) is 0 Å². The van der Waals surface area contributed by atoms with Crippen LogP contribution in [0.2, 0.25) is 0 Å². The van der Waals surface area contributed by atoms with Gasteiger partial charge in [0.2, 0.25) is 11.8 Å². The number of hydrogen-bond donors (Lipinski definition) is 2. The Morgan fingerprint density at radius 1 is 1.12 bits per heavy atom. The summed E-state index contributed by atoms with van der Waals surface area (Å²) in [5.74, 6) is -3.68. The molecule has 1 saturated carbocycles. The predicted molar refractivity (Wildman–Crippen MR) is 77.8 cm³/mol. The number of rotatable bonds is 2. The fourth-order valence-corrected chi connectivity index (χ4v) is 3.29. The lowest BCUT2D eigenvalue weighted by Gasteiger charge is -2.30. The van der Waals surface area contributed by atoms with E-state index in [-0.39, 0.29) is 17.6 Å². The SMILES string of the molecule is O=C(Nc1ccc(C(F)(F)F)cc1)C1C(=O)N[C@@H]2CCC[C@@H]2C1=O. The van der Waals surface area contributed by atoms with Crippen LogP contribution in [0, 0.1) is 11.8 Å². The van der Waals surface area contributed by atoms with Crippen molar-refractivity contribution in [3.63, 3.8) is 0 Å². The van der Waals surface area contributed by atoms with E-state index in [1.54, 1.807) is 0 Å². The second kappa shape index (κ2) is 5.92. The van der Waals surface area contributed by atoms with Crippen LogP contribution in [0.4, 0.5) is 18.9 Å². The van der Waals surface area contributed by atoms with Gasteiger partial charge in [0.05, 0.1) is 5.56 Å². The van der Waals surface area contributed by atoms with Crippen molar-refractivity contribution < 1.29 is 27.6 Å². The molecule has 1 aromatic rings. The van der Waals surface area contributed by atoms with Crippen LogP contribution in [0.3, 0.4) is 0 Å². The number of carbonyl (C=O) groups excluding carboxylic acids is 3. The Bertz CT molecular complexity index is 685. The molecule has 128 valence electrons. The Morgan fingerprint density at radius 3 is 2.42 bits per heavy atom. The number of piperidine rings is 1. The van der Waals surface area contributed by atoms with Gasteiger partial charge in [-0.15, -0.1) is 0 Å². The minimum Gasteiger partial charge on any atom is -0.352 e. The number of carbonyl (C=O) groups is 3. The number of anilines is 1. The lowest BCUT2D eigenvalue weighted by molar-refractivity contribution is -0.145. The highest BCUT2D eigenvalue weighted by Crippen LogP contribution is 2.33. The summed E-state index contributed by atoms with van der Waals surface area (Å²) in [5, 5.41) is 5.03. The molecule has 1 aliphatic heterocycles. The number of benzene rings is 1. The smallest absolute Gasteiger partial charge is 0.352 e. The van der Waals surface area contributed by atoms with Gasteiger partial charge in [-0.3, -0.25) is 14.4 Å². The minimum absolute atomic E-state index is 0.0992. The third-order valence-electron chi connectivity index (χ3n) is 4.50. The van der Waals surface area contributed by atoms with E-state index in [0.29, 0.717) is 6.42 Å². The first-order valence-electron chi connectivity index (χ1n) is 7.59. The predicted octanol–water partition coefficient (Wildman–Crippen LogP) is 2.13. The molecule has 0 spiro atoms. The summed E-state index contributed by atoms with van der Waals surface area (Å²) in [4.78, 5) is 36.6. The van der Waals surface area contributed by atoms with Gasteiger partial charge in [-0.25, -0.2) is 0 Å². The molecule has 2 aliphatic rings. The molecular formula is C16H15F3N2O3. The molecule has 0 aromatic heterocycles. The molecule has 3 rings (SSSR count). The zero-order valence-electron chi connectivity index (χ0n) is 12.5. The Morgan fingerprint density at radius 2 is 1.79 bits per heavy atom. The van der Waals surface area contributed by atoms with Crippen molar-refractivity contribution in [1.29, 1.82) is 0 Å². The van der Waals surface area contributed by atoms with Gasteiger partial charge < -0.3 is 10.6 Å². The first kappa shape index (κ1) is 16.5. The Labute approximate surface area is 135 Å². The van der Waals surface area contributed by atoms with Crippen LogP contribution in [-0.4, -0.2) is 23.6 Å². The van der Waals surface area contributed by atoms with E-state index < -0.39 is 35.3 Å². The Kier molecular flexibility index (Phi) is 4.06. The third-order valence-corrected chi connectivity index (χ3v) is 4.50. The standard InChI is InChI=1S/C16H15F3N2O3/c17-16(18,19)8-4-6-9(7-5-8)20-14(23)12-13(22)10-2-1-3-11(10)21-15(12)24/h4-7,10-12H,1-3H2,(H,20,23)(H,21,24)/t10-,11+,12?/m0/s1. The molecule has 0 bridgehead atoms. The van der Waals surface area contributed by atoms with E-state index in [9.17, 15) is 27.6 Å². The van der Waals surface area contributed by atoms with Gasteiger partial charge in [-0.2, -0.15) is 13.2 Å². The lowest BCUT2D eigenvalue weighted by atomic mass is 9.84. The monoisotopic (exact) mass is 340 g/mol. The van der Waals surface area contributed by atoms with Crippen molar-refractivity contribution in [3.05, 3.63) is 29.8 Å². The molecule has 8 heteroatoms. The molecule has 1 heterocycles. The average Bonchev–Trinajstić information content (AvgIpc) is 2.95. The highest BCUT2D eigenvalue weighted by atomic mass is 19.4. The molecule has 1 aromatic carbocycles. The number of Topliss-reactive ketones (excluding diaryl/α,β-unsaturated/α-hetero) is 1. The van der Waals surface area contributed by atoms with Crippen LogP contribution in [0.5, 0.6) is 0 Å². The third kappa shape index (κ3) is 3.00. The summed E-state index contributed by atoms with van der Waals surface area (Å²) in [7, 11) is 0. The summed E-state index contributed by atoms with van der Waals surface area (Å²) in [5.41, 5.74) is -0.747. The quantitative estimate of drug-likeness (QED) is 0.810. The zero-order valence-corrected chi connectivity index (χ0v) is 12.5. The van der Waals surface area contributed by atoms with Gasteiger partial charge in [0.1, 0.15) is 0 Å². The number of hydrogen-bond acceptors (Lipinski definition) is 3. The fourth-order valence-electron chi connectivity index (χ4n) is 3.29. The topological polar surface area (TPSA) is 75.3 Å². The fraction of sp³-hybridized carbons (Fsp3) is 0.438. The first-order valence-corrected chi connectivity index (χ1v) is 7.59. The normalized spacial score (nSPS) is 26.7. The number of ketones is 1. The minimum atomic E-state index is -4.47. The van der Waals surface area contributed by atoms with E-state index in [4.69, 9.17) is 0 Å². The van der Waals surface area contributed by atoms with Crippen LogP contribution in [0.15, 0.2) is 24.3 Å². The molecule has 2 amide bonds. The van der Waals surface area contributed by atoms with Crippen LogP contribution in [-0.2, 0) is 20.6 Å². The largest absolute Gasteiger partial charge is 0.416 e. The second-order valence-corrected chi connectivity index (χ2v) is 6.05. The molecule has 24 heavy (non-hydrogen) atoms. The van der Waals surface area contributed by atoms with Crippen LogP contribution in [0.25, 0.3) is 0 Å². The summed E-state index contributed by atoms with van der Waals surface area (Å²) < 4.78 is 37.5. The molecule has 1 unspecified atom stereocenters. The lowest BCUT2D eigenvalue weighted by Crippen LogP contribution is -2.56. The van der Waals surface area contributed by atoms with Gasteiger partial charge in [0.15, 0.2) is 11.7 Å². The van der Waals surface area contributed by atoms with E-state index in [2.05, 4.69) is 10.6 Å². The van der Waals surface area contributed by atoms with Crippen molar-refractivity contribution >= 4 is 23.3 Å². The highest BCUT2D eigenvalue weighted by Gasteiger charge is 2.48. The number of amides is 2. The molecule has 5 nitrogen and oxygen atoms in total. The molecule has 2 fully saturated rings. The zero-order chi connectivity index (χ0) is 17.5. The Hall–Kier alpha value is -2.38. The van der Waals surface area contributed by atoms with Crippen molar-refractivity contribution in [2.75, 3.05) is 5.32 Å².